The molecule has 1 fully saturated rings. The van der Waals surface area contributed by atoms with E-state index < -0.39 is 0 Å². The number of hydrogen-bond donors (Lipinski definition) is 2. The van der Waals surface area contributed by atoms with E-state index in [4.69, 9.17) is 5.11 Å². The summed E-state index contributed by atoms with van der Waals surface area (Å²) in [6.07, 6.45) is 10.0. The van der Waals surface area contributed by atoms with Gasteiger partial charge >= 0.3 is 0 Å². The van der Waals surface area contributed by atoms with Crippen molar-refractivity contribution in [2.24, 2.45) is 0 Å². The molecule has 15 heavy (non-hydrogen) atoms. The van der Waals surface area contributed by atoms with Gasteiger partial charge in [-0.15, -0.1) is 0 Å². The van der Waals surface area contributed by atoms with Crippen LogP contribution in [0.3, 0.4) is 0 Å². The van der Waals surface area contributed by atoms with Gasteiger partial charge in [0, 0.05) is 12.1 Å². The van der Waals surface area contributed by atoms with Gasteiger partial charge in [0.1, 0.15) is 0 Å². The summed E-state index contributed by atoms with van der Waals surface area (Å²) < 4.78 is 0. The molecule has 1 aliphatic rings. The van der Waals surface area contributed by atoms with E-state index in [2.05, 4.69) is 19.2 Å². The Morgan fingerprint density at radius 1 is 1.20 bits per heavy atom. The summed E-state index contributed by atoms with van der Waals surface area (Å²) in [5, 5.41) is 12.7. The molecule has 0 saturated heterocycles. The van der Waals surface area contributed by atoms with Crippen molar-refractivity contribution in [2.75, 3.05) is 0 Å². The lowest BCUT2D eigenvalue weighted by atomic mass is 9.88. The maximum atomic E-state index is 9.16. The molecular formula is C13H27NO. The zero-order valence-corrected chi connectivity index (χ0v) is 10.3. The Balaban J connectivity index is 1.87. The fourth-order valence-corrected chi connectivity index (χ4v) is 2.26. The molecule has 90 valence electrons. The van der Waals surface area contributed by atoms with E-state index in [1.54, 1.807) is 0 Å². The Morgan fingerprint density at radius 2 is 1.87 bits per heavy atom. The quantitative estimate of drug-likeness (QED) is 0.608. The summed E-state index contributed by atoms with van der Waals surface area (Å²) in [6, 6.07) is 1.22. The van der Waals surface area contributed by atoms with Crippen LogP contribution >= 0.6 is 0 Å². The van der Waals surface area contributed by atoms with Crippen LogP contribution in [0.15, 0.2) is 0 Å². The summed E-state index contributed by atoms with van der Waals surface area (Å²) in [4.78, 5) is 0. The lowest BCUT2D eigenvalue weighted by Crippen LogP contribution is -2.47. The molecule has 0 heterocycles. The number of nitrogens with one attached hydrogen (secondary N) is 1. The van der Waals surface area contributed by atoms with Gasteiger partial charge in [0.2, 0.25) is 0 Å². The number of aliphatic hydroxyl groups is 1. The van der Waals surface area contributed by atoms with Crippen LogP contribution in [0.1, 0.15) is 65.2 Å². The number of unbranched alkanes of at least 4 members (excludes halogenated alkanes) is 4. The summed E-state index contributed by atoms with van der Waals surface area (Å²) in [7, 11) is 0. The van der Waals surface area contributed by atoms with Crippen molar-refractivity contribution in [3.63, 3.8) is 0 Å². The van der Waals surface area contributed by atoms with Gasteiger partial charge in [0.05, 0.1) is 6.10 Å². The minimum atomic E-state index is -0.0285. The lowest BCUT2D eigenvalue weighted by molar-refractivity contribution is 0.0580. The first-order valence-electron chi connectivity index (χ1n) is 6.66. The predicted molar refractivity (Wildman–Crippen MR) is 65.0 cm³/mol. The first-order valence-corrected chi connectivity index (χ1v) is 6.66. The molecule has 2 heteroatoms. The molecule has 0 radical (unpaired) electrons. The van der Waals surface area contributed by atoms with Crippen molar-refractivity contribution >= 4 is 0 Å². The molecular weight excluding hydrogens is 186 g/mol. The molecule has 0 aromatic rings. The average Bonchev–Trinajstić information content (AvgIpc) is 2.15. The Hall–Kier alpha value is -0.0800. The molecule has 1 unspecified atom stereocenters. The van der Waals surface area contributed by atoms with Crippen LogP contribution in [-0.4, -0.2) is 23.3 Å². The summed E-state index contributed by atoms with van der Waals surface area (Å²) in [6.45, 7) is 4.52. The second-order valence-electron chi connectivity index (χ2n) is 5.09. The molecule has 0 spiro atoms. The Labute approximate surface area is 94.5 Å². The maximum Gasteiger partial charge on any atom is 0.0570 e. The second kappa shape index (κ2) is 7.24. The normalized spacial score (nSPS) is 27.4. The SMILES string of the molecule is CCCCCCCC(C)NC1CC(O)C1. The monoisotopic (exact) mass is 213 g/mol. The average molecular weight is 213 g/mol. The van der Waals surface area contributed by atoms with Gasteiger partial charge in [-0.3, -0.25) is 0 Å². The molecule has 0 bridgehead atoms. The molecule has 0 aromatic heterocycles. The molecule has 1 rings (SSSR count). The maximum absolute atomic E-state index is 9.16. The van der Waals surface area contributed by atoms with Gasteiger partial charge in [0.15, 0.2) is 0 Å². The molecule has 0 amide bonds. The summed E-state index contributed by atoms with van der Waals surface area (Å²) in [5.41, 5.74) is 0. The van der Waals surface area contributed by atoms with E-state index >= 15 is 0 Å². The van der Waals surface area contributed by atoms with Crippen LogP contribution in [-0.2, 0) is 0 Å². The second-order valence-corrected chi connectivity index (χ2v) is 5.09. The smallest absolute Gasteiger partial charge is 0.0570 e. The van der Waals surface area contributed by atoms with Crippen molar-refractivity contribution in [1.29, 1.82) is 0 Å². The first-order chi connectivity index (χ1) is 7.22. The van der Waals surface area contributed by atoms with Crippen LogP contribution in [0.2, 0.25) is 0 Å². The molecule has 1 aliphatic carbocycles. The van der Waals surface area contributed by atoms with Crippen LogP contribution in [0.25, 0.3) is 0 Å². The van der Waals surface area contributed by atoms with Crippen molar-refractivity contribution < 1.29 is 5.11 Å². The third-order valence-corrected chi connectivity index (χ3v) is 3.37. The fourth-order valence-electron chi connectivity index (χ4n) is 2.26. The fraction of sp³-hybridized carbons (Fsp3) is 1.00. The van der Waals surface area contributed by atoms with Crippen molar-refractivity contribution in [2.45, 2.75) is 83.4 Å². The van der Waals surface area contributed by atoms with E-state index in [0.29, 0.717) is 12.1 Å². The standard InChI is InChI=1S/C13H27NO/c1-3-4-5-6-7-8-11(2)14-12-9-13(15)10-12/h11-15H,3-10H2,1-2H3. The van der Waals surface area contributed by atoms with E-state index in [0.717, 1.165) is 12.8 Å². The van der Waals surface area contributed by atoms with Crippen molar-refractivity contribution in [3.05, 3.63) is 0 Å². The Morgan fingerprint density at radius 3 is 2.47 bits per heavy atom. The summed E-state index contributed by atoms with van der Waals surface area (Å²) in [5.74, 6) is 0. The van der Waals surface area contributed by atoms with Crippen LogP contribution < -0.4 is 5.32 Å². The zero-order chi connectivity index (χ0) is 11.1. The topological polar surface area (TPSA) is 32.3 Å². The predicted octanol–water partition coefficient (Wildman–Crippen LogP) is 2.85. The minimum Gasteiger partial charge on any atom is -0.393 e. The molecule has 0 aromatic carbocycles. The number of rotatable bonds is 8. The molecule has 1 atom stereocenters. The first kappa shape index (κ1) is 13.0. The van der Waals surface area contributed by atoms with Gasteiger partial charge in [-0.05, 0) is 26.2 Å². The molecule has 0 aliphatic heterocycles. The zero-order valence-electron chi connectivity index (χ0n) is 10.3. The van der Waals surface area contributed by atoms with Gasteiger partial charge in [-0.1, -0.05) is 39.0 Å². The highest BCUT2D eigenvalue weighted by molar-refractivity contribution is 4.86. The highest BCUT2D eigenvalue weighted by atomic mass is 16.3. The van der Waals surface area contributed by atoms with Crippen LogP contribution in [0.4, 0.5) is 0 Å². The van der Waals surface area contributed by atoms with Gasteiger partial charge in [0.25, 0.3) is 0 Å². The summed E-state index contributed by atoms with van der Waals surface area (Å²) >= 11 is 0. The van der Waals surface area contributed by atoms with Gasteiger partial charge < -0.3 is 10.4 Å². The Bertz CT molecular complexity index is 155. The third-order valence-electron chi connectivity index (χ3n) is 3.37. The van der Waals surface area contributed by atoms with E-state index in [1.165, 1.54) is 38.5 Å². The minimum absolute atomic E-state index is 0.0285. The molecule has 2 nitrogen and oxygen atoms in total. The highest BCUT2D eigenvalue weighted by Gasteiger charge is 2.27. The van der Waals surface area contributed by atoms with Gasteiger partial charge in [-0.2, -0.15) is 0 Å². The van der Waals surface area contributed by atoms with Crippen LogP contribution in [0, 0.1) is 0 Å². The van der Waals surface area contributed by atoms with Crippen LogP contribution in [0.5, 0.6) is 0 Å². The largest absolute Gasteiger partial charge is 0.393 e. The van der Waals surface area contributed by atoms with Crippen molar-refractivity contribution in [1.82, 2.24) is 5.32 Å². The van der Waals surface area contributed by atoms with E-state index in [9.17, 15) is 0 Å². The molecule has 2 N–H and O–H groups in total. The van der Waals surface area contributed by atoms with Crippen molar-refractivity contribution in [3.8, 4) is 0 Å². The third kappa shape index (κ3) is 5.53. The van der Waals surface area contributed by atoms with Gasteiger partial charge in [-0.25, -0.2) is 0 Å². The Kier molecular flexibility index (Phi) is 6.26. The van der Waals surface area contributed by atoms with E-state index in [-0.39, 0.29) is 6.10 Å². The highest BCUT2D eigenvalue weighted by Crippen LogP contribution is 2.20. The molecule has 1 saturated carbocycles. The van der Waals surface area contributed by atoms with E-state index in [1.807, 2.05) is 0 Å². The number of hydrogen-bond acceptors (Lipinski definition) is 2. The number of aliphatic hydroxyl groups excluding tert-OH is 1. The lowest BCUT2D eigenvalue weighted by Gasteiger charge is -2.34.